The Morgan fingerprint density at radius 1 is 1.62 bits per heavy atom. The van der Waals surface area contributed by atoms with Crippen molar-refractivity contribution in [1.82, 2.24) is 0 Å². The van der Waals surface area contributed by atoms with Crippen LogP contribution in [0.3, 0.4) is 0 Å². The molecule has 1 aliphatic rings. The molecule has 0 aliphatic carbocycles. The number of hydrogen-bond donors (Lipinski definition) is 1. The molecule has 0 bridgehead atoms. The largest absolute Gasteiger partial charge is 0.462 e. The quantitative estimate of drug-likeness (QED) is 0.673. The van der Waals surface area contributed by atoms with Crippen molar-refractivity contribution in [3.8, 4) is 0 Å². The van der Waals surface area contributed by atoms with Crippen LogP contribution in [0.1, 0.15) is 22.8 Å². The number of anilines is 1. The monoisotopic (exact) mass is 299 g/mol. The van der Waals surface area contributed by atoms with Gasteiger partial charge in [-0.15, -0.1) is 0 Å². The second-order valence-corrected chi connectivity index (χ2v) is 4.78. The van der Waals surface area contributed by atoms with Crippen molar-refractivity contribution in [2.75, 3.05) is 11.9 Å². The zero-order valence-corrected chi connectivity index (χ0v) is 11.1. The Kier molecular flexibility index (Phi) is 3.25. The molecule has 84 valence electrons. The van der Waals surface area contributed by atoms with Crippen molar-refractivity contribution in [2.45, 2.75) is 13.3 Å². The summed E-state index contributed by atoms with van der Waals surface area (Å²) in [6, 6.07) is 3.55. The van der Waals surface area contributed by atoms with E-state index in [1.807, 2.05) is 0 Å². The lowest BCUT2D eigenvalue weighted by molar-refractivity contribution is 0.0526. The SMILES string of the molecule is CCOC(=O)c1cc(Br)c2c(c1)NC(=S)C2. The highest BCUT2D eigenvalue weighted by Crippen LogP contribution is 2.32. The Bertz CT molecular complexity index is 473. The molecule has 2 rings (SSSR count). The van der Waals surface area contributed by atoms with E-state index in [-0.39, 0.29) is 5.97 Å². The summed E-state index contributed by atoms with van der Waals surface area (Å²) in [5.74, 6) is -0.314. The molecule has 0 aromatic heterocycles. The van der Waals surface area contributed by atoms with Gasteiger partial charge in [0.05, 0.1) is 17.2 Å². The van der Waals surface area contributed by atoms with E-state index < -0.39 is 0 Å². The van der Waals surface area contributed by atoms with Gasteiger partial charge in [0.1, 0.15) is 0 Å². The van der Waals surface area contributed by atoms with Crippen LogP contribution in [0.4, 0.5) is 5.69 Å². The molecule has 0 fully saturated rings. The first-order valence-corrected chi connectivity index (χ1v) is 6.11. The zero-order valence-electron chi connectivity index (χ0n) is 8.67. The van der Waals surface area contributed by atoms with Gasteiger partial charge in [0.15, 0.2) is 0 Å². The van der Waals surface area contributed by atoms with Crippen LogP contribution in [-0.2, 0) is 11.2 Å². The van der Waals surface area contributed by atoms with Gasteiger partial charge in [-0.1, -0.05) is 28.1 Å². The summed E-state index contributed by atoms with van der Waals surface area (Å²) in [6.45, 7) is 2.16. The topological polar surface area (TPSA) is 38.3 Å². The number of carbonyl (C=O) groups is 1. The molecular weight excluding hydrogens is 290 g/mol. The van der Waals surface area contributed by atoms with Crippen LogP contribution in [-0.4, -0.2) is 17.6 Å². The van der Waals surface area contributed by atoms with Crippen LogP contribution >= 0.6 is 28.1 Å². The van der Waals surface area contributed by atoms with E-state index in [0.717, 1.165) is 20.7 Å². The lowest BCUT2D eigenvalue weighted by atomic mass is 10.1. The molecule has 1 aromatic carbocycles. The third-order valence-electron chi connectivity index (χ3n) is 2.32. The summed E-state index contributed by atoms with van der Waals surface area (Å²) in [4.78, 5) is 12.3. The Labute approximate surface area is 107 Å². The minimum absolute atomic E-state index is 0.314. The fraction of sp³-hybridized carbons (Fsp3) is 0.273. The predicted octanol–water partition coefficient (Wildman–Crippen LogP) is 2.92. The van der Waals surface area contributed by atoms with Gasteiger partial charge in [0.25, 0.3) is 0 Å². The van der Waals surface area contributed by atoms with Crippen LogP contribution < -0.4 is 5.32 Å². The second-order valence-electron chi connectivity index (χ2n) is 3.43. The van der Waals surface area contributed by atoms with Gasteiger partial charge in [-0.25, -0.2) is 4.79 Å². The molecule has 0 unspecified atom stereocenters. The van der Waals surface area contributed by atoms with Gasteiger partial charge in [0.2, 0.25) is 0 Å². The maximum atomic E-state index is 11.6. The molecule has 16 heavy (non-hydrogen) atoms. The third-order valence-corrected chi connectivity index (χ3v) is 3.27. The summed E-state index contributed by atoms with van der Waals surface area (Å²) >= 11 is 8.53. The number of ether oxygens (including phenoxy) is 1. The van der Waals surface area contributed by atoms with Crippen LogP contribution in [0.2, 0.25) is 0 Å². The van der Waals surface area contributed by atoms with E-state index in [1.165, 1.54) is 0 Å². The summed E-state index contributed by atoms with van der Waals surface area (Å²) in [5.41, 5.74) is 2.52. The first-order valence-electron chi connectivity index (χ1n) is 4.91. The number of benzene rings is 1. The van der Waals surface area contributed by atoms with E-state index in [1.54, 1.807) is 19.1 Å². The molecule has 0 saturated heterocycles. The molecule has 5 heteroatoms. The molecule has 0 amide bonds. The van der Waals surface area contributed by atoms with Crippen LogP contribution in [0.15, 0.2) is 16.6 Å². The first kappa shape index (κ1) is 11.5. The minimum atomic E-state index is -0.314. The Hall–Kier alpha value is -0.940. The molecule has 0 radical (unpaired) electrons. The molecule has 0 atom stereocenters. The van der Waals surface area contributed by atoms with Crippen molar-refractivity contribution in [1.29, 1.82) is 0 Å². The van der Waals surface area contributed by atoms with Crippen LogP contribution in [0.5, 0.6) is 0 Å². The van der Waals surface area contributed by atoms with Crippen LogP contribution in [0, 0.1) is 0 Å². The van der Waals surface area contributed by atoms with Gasteiger partial charge < -0.3 is 10.1 Å². The summed E-state index contributed by atoms with van der Waals surface area (Å²) in [7, 11) is 0. The second kappa shape index (κ2) is 4.51. The van der Waals surface area contributed by atoms with E-state index in [9.17, 15) is 4.79 Å². The molecular formula is C11H10BrNO2S. The van der Waals surface area contributed by atoms with Crippen molar-refractivity contribution >= 4 is 44.8 Å². The highest BCUT2D eigenvalue weighted by Gasteiger charge is 2.20. The number of halogens is 1. The number of carbonyl (C=O) groups excluding carboxylic acids is 1. The molecule has 3 nitrogen and oxygen atoms in total. The van der Waals surface area contributed by atoms with Gasteiger partial charge in [0, 0.05) is 16.6 Å². The third kappa shape index (κ3) is 2.10. The van der Waals surface area contributed by atoms with Gasteiger partial charge in [-0.3, -0.25) is 0 Å². The fourth-order valence-electron chi connectivity index (χ4n) is 1.62. The maximum absolute atomic E-state index is 11.6. The Morgan fingerprint density at radius 3 is 3.06 bits per heavy atom. The standard InChI is InChI=1S/C11H10BrNO2S/c1-2-15-11(14)6-3-8(12)7-5-10(16)13-9(7)4-6/h3-4H,2,5H2,1H3,(H,13,16). The van der Waals surface area contributed by atoms with E-state index in [2.05, 4.69) is 21.2 Å². The molecule has 0 spiro atoms. The van der Waals surface area contributed by atoms with Gasteiger partial charge in [-0.05, 0) is 24.6 Å². The molecule has 1 aromatic rings. The van der Waals surface area contributed by atoms with Crippen molar-refractivity contribution in [2.24, 2.45) is 0 Å². The van der Waals surface area contributed by atoms with Crippen molar-refractivity contribution < 1.29 is 9.53 Å². The lowest BCUT2D eigenvalue weighted by Crippen LogP contribution is -2.05. The first-order chi connectivity index (χ1) is 7.61. The number of esters is 1. The highest BCUT2D eigenvalue weighted by molar-refractivity contribution is 9.10. The summed E-state index contributed by atoms with van der Waals surface area (Å²) in [6.07, 6.45) is 0.717. The fourth-order valence-corrected chi connectivity index (χ4v) is 2.47. The summed E-state index contributed by atoms with van der Waals surface area (Å²) in [5, 5.41) is 3.07. The molecule has 1 N–H and O–H groups in total. The van der Waals surface area contributed by atoms with Crippen LogP contribution in [0.25, 0.3) is 0 Å². The smallest absolute Gasteiger partial charge is 0.338 e. The molecule has 1 aliphatic heterocycles. The number of hydrogen-bond acceptors (Lipinski definition) is 3. The average Bonchev–Trinajstić information content (AvgIpc) is 2.59. The lowest BCUT2D eigenvalue weighted by Gasteiger charge is -2.06. The van der Waals surface area contributed by atoms with E-state index in [4.69, 9.17) is 17.0 Å². The maximum Gasteiger partial charge on any atom is 0.338 e. The Balaban J connectivity index is 2.38. The van der Waals surface area contributed by atoms with Gasteiger partial charge >= 0.3 is 5.97 Å². The van der Waals surface area contributed by atoms with Gasteiger partial charge in [-0.2, -0.15) is 0 Å². The summed E-state index contributed by atoms with van der Waals surface area (Å²) < 4.78 is 5.84. The zero-order chi connectivity index (χ0) is 11.7. The average molecular weight is 300 g/mol. The van der Waals surface area contributed by atoms with E-state index >= 15 is 0 Å². The minimum Gasteiger partial charge on any atom is -0.462 e. The molecule has 0 saturated carbocycles. The normalized spacial score (nSPS) is 13.2. The number of rotatable bonds is 2. The molecule has 1 heterocycles. The Morgan fingerprint density at radius 2 is 2.38 bits per heavy atom. The van der Waals surface area contributed by atoms with Crippen molar-refractivity contribution in [3.63, 3.8) is 0 Å². The number of nitrogens with one attached hydrogen (secondary N) is 1. The highest BCUT2D eigenvalue weighted by atomic mass is 79.9. The predicted molar refractivity (Wildman–Crippen MR) is 70.0 cm³/mol. The van der Waals surface area contributed by atoms with E-state index in [0.29, 0.717) is 18.6 Å². The number of fused-ring (bicyclic) bond motifs is 1. The number of thiocarbonyl (C=S) groups is 1. The van der Waals surface area contributed by atoms with Crippen molar-refractivity contribution in [3.05, 3.63) is 27.7 Å².